The molecule has 0 amide bonds. The number of nitrogens with zero attached hydrogens (tertiary/aromatic N) is 1. The maximum Gasteiger partial charge on any atom is 0.335 e. The van der Waals surface area contributed by atoms with Crippen LogP contribution in [0.3, 0.4) is 0 Å². The number of hydrogen-bond acceptors (Lipinski definition) is 2. The minimum absolute atomic E-state index is 0.259. The molecule has 1 aromatic heterocycles. The molecule has 23 heavy (non-hydrogen) atoms. The largest absolute Gasteiger partial charge is 0.494 e. The number of carboxylic acids is 1. The molecule has 4 nitrogen and oxygen atoms in total. The van der Waals surface area contributed by atoms with Crippen LogP contribution in [0.25, 0.3) is 10.9 Å². The zero-order valence-corrected chi connectivity index (χ0v) is 13.2. The Morgan fingerprint density at radius 3 is 2.65 bits per heavy atom. The van der Waals surface area contributed by atoms with E-state index >= 15 is 0 Å². The minimum atomic E-state index is -0.934. The Balaban J connectivity index is 1.53. The minimum Gasteiger partial charge on any atom is -0.494 e. The van der Waals surface area contributed by atoms with Crippen LogP contribution in [-0.2, 0) is 6.54 Å². The van der Waals surface area contributed by atoms with E-state index < -0.39 is 5.97 Å². The monoisotopic (exact) mass is 329 g/mol. The van der Waals surface area contributed by atoms with Gasteiger partial charge in [0.25, 0.3) is 0 Å². The Morgan fingerprint density at radius 1 is 1.13 bits per heavy atom. The molecule has 0 aliphatic heterocycles. The maximum absolute atomic E-state index is 10.8. The molecule has 0 aliphatic carbocycles. The lowest BCUT2D eigenvalue weighted by Crippen LogP contribution is -2.04. The van der Waals surface area contributed by atoms with Gasteiger partial charge in [0.05, 0.1) is 12.2 Å². The molecule has 0 radical (unpaired) electrons. The first-order chi connectivity index (χ1) is 11.1. The highest BCUT2D eigenvalue weighted by atomic mass is 35.5. The van der Waals surface area contributed by atoms with E-state index in [0.29, 0.717) is 12.4 Å². The first-order valence-electron chi connectivity index (χ1n) is 7.34. The van der Waals surface area contributed by atoms with Gasteiger partial charge in [-0.15, -0.1) is 0 Å². The van der Waals surface area contributed by atoms with Gasteiger partial charge in [-0.2, -0.15) is 0 Å². The van der Waals surface area contributed by atoms with Crippen molar-refractivity contribution in [1.82, 2.24) is 4.57 Å². The number of ether oxygens (including phenoxy) is 1. The highest BCUT2D eigenvalue weighted by molar-refractivity contribution is 6.31. The van der Waals surface area contributed by atoms with E-state index in [1.54, 1.807) is 24.3 Å². The molecular weight excluding hydrogens is 314 g/mol. The standard InChI is InChI=1S/C18H16ClNO3/c19-15-4-7-17-14(12-15)8-10-20(17)9-1-11-23-16-5-2-13(3-6-16)18(21)22/h2-8,10,12H,1,9,11H2,(H,21,22). The van der Waals surface area contributed by atoms with Crippen LogP contribution in [0.1, 0.15) is 16.8 Å². The van der Waals surface area contributed by atoms with Crippen molar-refractivity contribution in [2.75, 3.05) is 6.61 Å². The molecule has 0 aliphatic rings. The number of benzene rings is 2. The lowest BCUT2D eigenvalue weighted by atomic mass is 10.2. The van der Waals surface area contributed by atoms with Crippen LogP contribution in [-0.4, -0.2) is 22.2 Å². The second-order valence-electron chi connectivity index (χ2n) is 5.24. The Morgan fingerprint density at radius 2 is 1.91 bits per heavy atom. The predicted molar refractivity (Wildman–Crippen MR) is 90.5 cm³/mol. The van der Waals surface area contributed by atoms with Gasteiger partial charge in [0.15, 0.2) is 0 Å². The topological polar surface area (TPSA) is 51.5 Å². The Hall–Kier alpha value is -2.46. The van der Waals surface area contributed by atoms with Crippen LogP contribution in [0, 0.1) is 0 Å². The second kappa shape index (κ2) is 6.75. The number of carbonyl (C=O) groups is 1. The van der Waals surface area contributed by atoms with E-state index in [1.807, 2.05) is 30.5 Å². The normalized spacial score (nSPS) is 10.8. The molecular formula is C18H16ClNO3. The number of aryl methyl sites for hydroxylation is 1. The number of halogens is 1. The van der Waals surface area contributed by atoms with E-state index in [-0.39, 0.29) is 5.56 Å². The van der Waals surface area contributed by atoms with Crippen LogP contribution in [0.2, 0.25) is 5.02 Å². The number of hydrogen-bond donors (Lipinski definition) is 1. The van der Waals surface area contributed by atoms with Gasteiger partial charge < -0.3 is 14.4 Å². The average Bonchev–Trinajstić information content (AvgIpc) is 2.94. The molecule has 1 heterocycles. The molecule has 0 bridgehead atoms. The molecule has 0 atom stereocenters. The summed E-state index contributed by atoms with van der Waals surface area (Å²) in [6.07, 6.45) is 2.90. The van der Waals surface area contributed by atoms with E-state index in [4.69, 9.17) is 21.4 Å². The molecule has 0 fully saturated rings. The maximum atomic E-state index is 10.8. The Labute approximate surface area is 138 Å². The fourth-order valence-corrected chi connectivity index (χ4v) is 2.67. The highest BCUT2D eigenvalue weighted by Crippen LogP contribution is 2.21. The fraction of sp³-hybridized carbons (Fsp3) is 0.167. The molecule has 3 aromatic rings. The van der Waals surface area contributed by atoms with Gasteiger partial charge in [-0.1, -0.05) is 11.6 Å². The number of rotatable bonds is 6. The summed E-state index contributed by atoms with van der Waals surface area (Å²) in [5, 5.41) is 10.7. The lowest BCUT2D eigenvalue weighted by molar-refractivity contribution is 0.0697. The van der Waals surface area contributed by atoms with Crippen molar-refractivity contribution in [1.29, 1.82) is 0 Å². The van der Waals surface area contributed by atoms with Crippen LogP contribution < -0.4 is 4.74 Å². The third kappa shape index (κ3) is 3.66. The summed E-state index contributed by atoms with van der Waals surface area (Å²) < 4.78 is 7.81. The quantitative estimate of drug-likeness (QED) is 0.679. The first-order valence-corrected chi connectivity index (χ1v) is 7.72. The van der Waals surface area contributed by atoms with Crippen molar-refractivity contribution in [2.24, 2.45) is 0 Å². The van der Waals surface area contributed by atoms with Crippen LogP contribution in [0.15, 0.2) is 54.7 Å². The second-order valence-corrected chi connectivity index (χ2v) is 5.68. The molecule has 0 saturated heterocycles. The molecule has 118 valence electrons. The highest BCUT2D eigenvalue weighted by Gasteiger charge is 2.03. The van der Waals surface area contributed by atoms with Crippen LogP contribution in [0.5, 0.6) is 5.75 Å². The first kappa shape index (κ1) is 15.4. The van der Waals surface area contributed by atoms with Crippen molar-refractivity contribution >= 4 is 28.5 Å². The van der Waals surface area contributed by atoms with Crippen molar-refractivity contribution in [3.63, 3.8) is 0 Å². The van der Waals surface area contributed by atoms with E-state index in [2.05, 4.69) is 4.57 Å². The summed E-state index contributed by atoms with van der Waals surface area (Å²) in [5.74, 6) is -0.254. The third-order valence-corrected chi connectivity index (χ3v) is 3.88. The van der Waals surface area contributed by atoms with Crippen LogP contribution >= 0.6 is 11.6 Å². The van der Waals surface area contributed by atoms with Gasteiger partial charge in [0.2, 0.25) is 0 Å². The van der Waals surface area contributed by atoms with Gasteiger partial charge in [0.1, 0.15) is 5.75 Å². The summed E-state index contributed by atoms with van der Waals surface area (Å²) in [6, 6.07) is 14.3. The molecule has 2 aromatic carbocycles. The van der Waals surface area contributed by atoms with Crippen LogP contribution in [0.4, 0.5) is 0 Å². The molecule has 3 rings (SSSR count). The molecule has 0 spiro atoms. The number of carboxylic acid groups (broad SMARTS) is 1. The summed E-state index contributed by atoms with van der Waals surface area (Å²) in [4.78, 5) is 10.8. The third-order valence-electron chi connectivity index (χ3n) is 3.65. The van der Waals surface area contributed by atoms with E-state index in [0.717, 1.165) is 28.9 Å². The fourth-order valence-electron chi connectivity index (χ4n) is 2.48. The number of fused-ring (bicyclic) bond motifs is 1. The van der Waals surface area contributed by atoms with Crippen molar-refractivity contribution in [2.45, 2.75) is 13.0 Å². The Bertz CT molecular complexity index is 824. The van der Waals surface area contributed by atoms with Gasteiger partial charge in [-0.25, -0.2) is 4.79 Å². The summed E-state index contributed by atoms with van der Waals surface area (Å²) in [7, 11) is 0. The van der Waals surface area contributed by atoms with Crippen molar-refractivity contribution in [3.8, 4) is 5.75 Å². The lowest BCUT2D eigenvalue weighted by Gasteiger charge is -2.08. The summed E-state index contributed by atoms with van der Waals surface area (Å²) in [5.41, 5.74) is 1.41. The zero-order chi connectivity index (χ0) is 16.2. The van der Waals surface area contributed by atoms with E-state index in [9.17, 15) is 4.79 Å². The van der Waals surface area contributed by atoms with Crippen molar-refractivity contribution < 1.29 is 14.6 Å². The molecule has 0 unspecified atom stereocenters. The van der Waals surface area contributed by atoms with Crippen molar-refractivity contribution in [3.05, 3.63) is 65.3 Å². The molecule has 5 heteroatoms. The molecule has 1 N–H and O–H groups in total. The van der Waals surface area contributed by atoms with Gasteiger partial charge in [-0.3, -0.25) is 0 Å². The van der Waals surface area contributed by atoms with Gasteiger partial charge in [-0.05, 0) is 55.0 Å². The van der Waals surface area contributed by atoms with Gasteiger partial charge >= 0.3 is 5.97 Å². The zero-order valence-electron chi connectivity index (χ0n) is 12.4. The number of aromatic nitrogens is 1. The molecule has 0 saturated carbocycles. The average molecular weight is 330 g/mol. The summed E-state index contributed by atoms with van der Waals surface area (Å²) in [6.45, 7) is 1.41. The van der Waals surface area contributed by atoms with E-state index in [1.165, 1.54) is 0 Å². The smallest absolute Gasteiger partial charge is 0.335 e. The summed E-state index contributed by atoms with van der Waals surface area (Å²) >= 11 is 5.99. The Kier molecular flexibility index (Phi) is 4.53. The SMILES string of the molecule is O=C(O)c1ccc(OCCCn2ccc3cc(Cl)ccc32)cc1. The number of aromatic carboxylic acids is 1. The van der Waals surface area contributed by atoms with Gasteiger partial charge in [0, 0.05) is 28.7 Å². The predicted octanol–water partition coefficient (Wildman–Crippen LogP) is 4.46.